The second-order valence-electron chi connectivity index (χ2n) is 11.8. The summed E-state index contributed by atoms with van der Waals surface area (Å²) < 4.78 is 0. The summed E-state index contributed by atoms with van der Waals surface area (Å²) in [7, 11) is 0. The van der Waals surface area contributed by atoms with Gasteiger partial charge in [-0.25, -0.2) is 0 Å². The van der Waals surface area contributed by atoms with Crippen LogP contribution in [0.4, 0.5) is 0 Å². The van der Waals surface area contributed by atoms with Gasteiger partial charge in [0.1, 0.15) is 17.2 Å². The maximum Gasteiger partial charge on any atom is 0.126 e. The molecule has 0 aliphatic carbocycles. The first-order valence-electron chi connectivity index (χ1n) is 14.8. The van der Waals surface area contributed by atoms with Gasteiger partial charge < -0.3 is 46.0 Å². The molecule has 0 bridgehead atoms. The smallest absolute Gasteiger partial charge is 0.126 e. The lowest BCUT2D eigenvalue weighted by Gasteiger charge is -2.37. The Bertz CT molecular complexity index is 1520. The monoisotopic (exact) mass is 618 g/mol. The predicted octanol–water partition coefficient (Wildman–Crippen LogP) is 3.83. The molecule has 0 amide bonds. The molecule has 0 radical (unpaired) electrons. The highest BCUT2D eigenvalue weighted by atomic mass is 16.3. The van der Waals surface area contributed by atoms with Gasteiger partial charge in [-0.3, -0.25) is 0 Å². The van der Waals surface area contributed by atoms with Crippen LogP contribution in [0.2, 0.25) is 0 Å². The molecule has 0 fully saturated rings. The molecule has 0 saturated carbocycles. The summed E-state index contributed by atoms with van der Waals surface area (Å²) in [5.41, 5.74) is 3.65. The Kier molecular flexibility index (Phi) is 10.2. The Morgan fingerprint density at radius 3 is 0.956 bits per heavy atom. The SMILES string of the molecule is CCC(c1ccc(C(C)(C)c2cc(CO)c(O)c(CO)c2)cc1)(c1cc(CO)c(O)c(CO)c1)c1cc(CO)c(O)c(CO)c1. The molecule has 240 valence electrons. The average Bonchev–Trinajstić information content (AvgIpc) is 3.06. The van der Waals surface area contributed by atoms with Gasteiger partial charge >= 0.3 is 0 Å². The number of benzene rings is 4. The average molecular weight is 619 g/mol. The van der Waals surface area contributed by atoms with Gasteiger partial charge in [-0.1, -0.05) is 45.0 Å². The summed E-state index contributed by atoms with van der Waals surface area (Å²) in [6.07, 6.45) is 0.439. The Morgan fingerprint density at radius 1 is 0.422 bits per heavy atom. The summed E-state index contributed by atoms with van der Waals surface area (Å²) in [6.45, 7) is 3.25. The molecule has 0 aromatic heterocycles. The van der Waals surface area contributed by atoms with Crippen molar-refractivity contribution < 1.29 is 46.0 Å². The summed E-state index contributed by atoms with van der Waals surface area (Å²) >= 11 is 0. The van der Waals surface area contributed by atoms with E-state index in [9.17, 15) is 46.0 Å². The highest BCUT2D eigenvalue weighted by Crippen LogP contribution is 2.47. The van der Waals surface area contributed by atoms with Gasteiger partial charge in [-0.2, -0.15) is 0 Å². The normalized spacial score (nSPS) is 12.1. The molecule has 0 aliphatic rings. The minimum atomic E-state index is -0.988. The lowest BCUT2D eigenvalue weighted by molar-refractivity contribution is 0.262. The van der Waals surface area contributed by atoms with Crippen LogP contribution in [-0.4, -0.2) is 46.0 Å². The van der Waals surface area contributed by atoms with E-state index in [4.69, 9.17) is 0 Å². The zero-order valence-electron chi connectivity index (χ0n) is 25.7. The maximum atomic E-state index is 10.7. The fraction of sp³-hybridized carbons (Fsp3) is 0.333. The number of aliphatic hydroxyl groups excluding tert-OH is 6. The van der Waals surface area contributed by atoms with Crippen molar-refractivity contribution in [1.82, 2.24) is 0 Å². The van der Waals surface area contributed by atoms with Crippen molar-refractivity contribution in [2.75, 3.05) is 0 Å². The van der Waals surface area contributed by atoms with E-state index < -0.39 is 50.5 Å². The van der Waals surface area contributed by atoms with E-state index in [1.807, 2.05) is 45.0 Å². The fourth-order valence-corrected chi connectivity index (χ4v) is 6.31. The van der Waals surface area contributed by atoms with E-state index in [1.165, 1.54) is 0 Å². The van der Waals surface area contributed by atoms with Crippen LogP contribution in [-0.2, 0) is 50.5 Å². The molecule has 4 rings (SSSR count). The Hall–Kier alpha value is -3.96. The van der Waals surface area contributed by atoms with Crippen molar-refractivity contribution >= 4 is 0 Å². The molecule has 0 heterocycles. The quantitative estimate of drug-likeness (QED) is 0.107. The van der Waals surface area contributed by atoms with Crippen LogP contribution in [0.5, 0.6) is 17.2 Å². The molecule has 0 aliphatic heterocycles. The molecular formula is C36H42O9. The molecule has 0 atom stereocenters. The number of hydrogen-bond donors (Lipinski definition) is 9. The lowest BCUT2D eigenvalue weighted by atomic mass is 9.66. The van der Waals surface area contributed by atoms with E-state index >= 15 is 0 Å². The van der Waals surface area contributed by atoms with E-state index in [0.717, 1.165) is 16.7 Å². The molecular weight excluding hydrogens is 576 g/mol. The van der Waals surface area contributed by atoms with E-state index in [-0.39, 0.29) is 39.5 Å². The maximum absolute atomic E-state index is 10.7. The number of hydrogen-bond acceptors (Lipinski definition) is 9. The van der Waals surface area contributed by atoms with Crippen LogP contribution in [0.15, 0.2) is 60.7 Å². The van der Waals surface area contributed by atoms with Crippen molar-refractivity contribution in [3.8, 4) is 17.2 Å². The molecule has 4 aromatic carbocycles. The van der Waals surface area contributed by atoms with Crippen LogP contribution in [0.3, 0.4) is 0 Å². The zero-order chi connectivity index (χ0) is 33.1. The molecule has 0 spiro atoms. The molecule has 0 unspecified atom stereocenters. The highest BCUT2D eigenvalue weighted by molar-refractivity contribution is 5.59. The van der Waals surface area contributed by atoms with Crippen LogP contribution < -0.4 is 0 Å². The number of phenols is 3. The van der Waals surface area contributed by atoms with Gasteiger partial charge in [0.15, 0.2) is 0 Å². The van der Waals surface area contributed by atoms with Gasteiger partial charge in [-0.15, -0.1) is 0 Å². The van der Waals surface area contributed by atoms with Crippen LogP contribution in [0, 0.1) is 0 Å². The Balaban J connectivity index is 1.99. The third-order valence-corrected chi connectivity index (χ3v) is 9.16. The first-order valence-corrected chi connectivity index (χ1v) is 14.8. The Labute approximate surface area is 262 Å². The van der Waals surface area contributed by atoms with Gasteiger partial charge in [-0.05, 0) is 70.6 Å². The number of aromatic hydroxyl groups is 3. The topological polar surface area (TPSA) is 182 Å². The second-order valence-corrected chi connectivity index (χ2v) is 11.8. The van der Waals surface area contributed by atoms with Crippen LogP contribution in [0.1, 0.15) is 88.4 Å². The minimum absolute atomic E-state index is 0.139. The van der Waals surface area contributed by atoms with Crippen molar-refractivity contribution in [3.63, 3.8) is 0 Å². The fourth-order valence-electron chi connectivity index (χ4n) is 6.31. The van der Waals surface area contributed by atoms with Gasteiger partial charge in [0.05, 0.1) is 39.6 Å². The first kappa shape index (κ1) is 33.9. The molecule has 9 heteroatoms. The summed E-state index contributed by atoms with van der Waals surface area (Å²) in [6, 6.07) is 17.9. The molecule has 0 saturated heterocycles. The van der Waals surface area contributed by atoms with E-state index in [1.54, 1.807) is 36.4 Å². The largest absolute Gasteiger partial charge is 0.507 e. The van der Waals surface area contributed by atoms with Gasteiger partial charge in [0.25, 0.3) is 0 Å². The standard InChI is InChI=1S/C36H42O9/c1-4-36(30-11-23(17-39)33(44)24(12-30)18-40,31-13-25(19-41)34(45)26(14-31)20-42)28-7-5-27(6-8-28)35(2,3)29-9-21(15-37)32(43)22(10-29)16-38/h5-14,37-45H,4,15-20H2,1-3H3. The highest BCUT2D eigenvalue weighted by Gasteiger charge is 2.37. The second kappa shape index (κ2) is 13.6. The van der Waals surface area contributed by atoms with Crippen LogP contribution in [0.25, 0.3) is 0 Å². The first-order chi connectivity index (χ1) is 21.5. The van der Waals surface area contributed by atoms with Crippen molar-refractivity contribution in [2.24, 2.45) is 0 Å². The lowest BCUT2D eigenvalue weighted by Crippen LogP contribution is -2.30. The third-order valence-electron chi connectivity index (χ3n) is 9.16. The zero-order valence-corrected chi connectivity index (χ0v) is 25.7. The molecule has 45 heavy (non-hydrogen) atoms. The van der Waals surface area contributed by atoms with Crippen LogP contribution >= 0.6 is 0 Å². The van der Waals surface area contributed by atoms with Crippen molar-refractivity contribution in [3.05, 3.63) is 122 Å². The van der Waals surface area contributed by atoms with E-state index in [2.05, 4.69) is 0 Å². The van der Waals surface area contributed by atoms with Crippen molar-refractivity contribution in [1.29, 1.82) is 0 Å². The summed E-state index contributed by atoms with van der Waals surface area (Å²) in [4.78, 5) is 0. The number of rotatable bonds is 12. The predicted molar refractivity (Wildman–Crippen MR) is 169 cm³/mol. The third kappa shape index (κ3) is 5.91. The van der Waals surface area contributed by atoms with Gasteiger partial charge in [0, 0.05) is 44.2 Å². The van der Waals surface area contributed by atoms with E-state index in [0.29, 0.717) is 28.7 Å². The van der Waals surface area contributed by atoms with Crippen molar-refractivity contribution in [2.45, 2.75) is 77.7 Å². The molecule has 9 nitrogen and oxygen atoms in total. The molecule has 9 N–H and O–H groups in total. The molecule has 4 aromatic rings. The summed E-state index contributed by atoms with van der Waals surface area (Å²) in [5.74, 6) is -0.552. The van der Waals surface area contributed by atoms with Gasteiger partial charge in [0.2, 0.25) is 0 Å². The summed E-state index contributed by atoms with van der Waals surface area (Å²) in [5, 5.41) is 91.7. The minimum Gasteiger partial charge on any atom is -0.507 e. The number of aliphatic hydroxyl groups is 6. The Morgan fingerprint density at radius 2 is 0.689 bits per heavy atom.